The number of aromatic nitrogens is 2. The molecule has 8 nitrogen and oxygen atoms in total. The minimum atomic E-state index is -3.68. The summed E-state index contributed by atoms with van der Waals surface area (Å²) in [6.07, 6.45) is 4.15. The summed E-state index contributed by atoms with van der Waals surface area (Å²) in [6, 6.07) is 10.0. The molecule has 2 heterocycles. The summed E-state index contributed by atoms with van der Waals surface area (Å²) < 4.78 is 26.7. The lowest BCUT2D eigenvalue weighted by Crippen LogP contribution is -2.48. The number of hydrogen-bond donors (Lipinski definition) is 1. The lowest BCUT2D eigenvalue weighted by atomic mass is 10.2. The zero-order valence-electron chi connectivity index (χ0n) is 14.9. The third kappa shape index (κ3) is 5.19. The maximum atomic E-state index is 12.7. The summed E-state index contributed by atoms with van der Waals surface area (Å²) in [5.74, 6) is -0.313. The van der Waals surface area contributed by atoms with Crippen LogP contribution in [0.4, 0.5) is 5.13 Å². The maximum Gasteiger partial charge on any atom is 0.272 e. The normalized spacial score (nSPS) is 16.6. The van der Waals surface area contributed by atoms with Crippen molar-refractivity contribution in [2.75, 3.05) is 38.0 Å². The molecule has 2 aromatic rings. The number of benzene rings is 1. The van der Waals surface area contributed by atoms with Crippen molar-refractivity contribution in [1.29, 1.82) is 0 Å². The van der Waals surface area contributed by atoms with Crippen LogP contribution in [0.1, 0.15) is 12.5 Å². The number of anilines is 1. The van der Waals surface area contributed by atoms with Crippen molar-refractivity contribution in [1.82, 2.24) is 19.4 Å². The van der Waals surface area contributed by atoms with Crippen LogP contribution in [0.2, 0.25) is 0 Å². The molecular weight excluding hydrogens is 386 g/mol. The van der Waals surface area contributed by atoms with Crippen molar-refractivity contribution in [3.63, 3.8) is 0 Å². The van der Waals surface area contributed by atoms with Crippen LogP contribution in [0.3, 0.4) is 0 Å². The van der Waals surface area contributed by atoms with E-state index in [0.717, 1.165) is 23.4 Å². The Balaban J connectivity index is 1.54. The van der Waals surface area contributed by atoms with E-state index in [0.29, 0.717) is 26.2 Å². The fraction of sp³-hybridized carbons (Fsp3) is 0.353. The van der Waals surface area contributed by atoms with Gasteiger partial charge in [0.05, 0.1) is 0 Å². The number of rotatable bonds is 6. The first-order valence-electron chi connectivity index (χ1n) is 8.50. The number of piperazine rings is 1. The van der Waals surface area contributed by atoms with Gasteiger partial charge in [0.25, 0.3) is 10.0 Å². The van der Waals surface area contributed by atoms with Gasteiger partial charge in [-0.2, -0.15) is 4.31 Å². The summed E-state index contributed by atoms with van der Waals surface area (Å²) in [5, 5.41) is 10.1. The first-order valence-corrected chi connectivity index (χ1v) is 10.8. The van der Waals surface area contributed by atoms with Gasteiger partial charge in [0.1, 0.15) is 0 Å². The fourth-order valence-corrected chi connectivity index (χ4v) is 5.19. The van der Waals surface area contributed by atoms with E-state index >= 15 is 0 Å². The van der Waals surface area contributed by atoms with E-state index in [9.17, 15) is 13.2 Å². The van der Waals surface area contributed by atoms with E-state index in [-0.39, 0.29) is 15.4 Å². The number of amides is 1. The molecule has 1 amide bonds. The maximum absolute atomic E-state index is 12.7. The molecule has 1 aromatic heterocycles. The van der Waals surface area contributed by atoms with Gasteiger partial charge in [0, 0.05) is 39.6 Å². The van der Waals surface area contributed by atoms with Crippen molar-refractivity contribution in [3.05, 3.63) is 42.0 Å². The van der Waals surface area contributed by atoms with E-state index < -0.39 is 10.0 Å². The first-order chi connectivity index (χ1) is 12.9. The van der Waals surface area contributed by atoms with Gasteiger partial charge in [-0.1, -0.05) is 53.8 Å². The van der Waals surface area contributed by atoms with Crippen molar-refractivity contribution in [3.8, 4) is 0 Å². The van der Waals surface area contributed by atoms with Crippen molar-refractivity contribution < 1.29 is 13.2 Å². The molecule has 3 rings (SSSR count). The second kappa shape index (κ2) is 8.70. The van der Waals surface area contributed by atoms with Crippen molar-refractivity contribution in [2.45, 2.75) is 11.3 Å². The van der Waals surface area contributed by atoms with Gasteiger partial charge in [-0.15, -0.1) is 10.2 Å². The minimum absolute atomic E-state index is 0.0938. The summed E-state index contributed by atoms with van der Waals surface area (Å²) in [6.45, 7) is 4.20. The highest BCUT2D eigenvalue weighted by Gasteiger charge is 2.31. The van der Waals surface area contributed by atoms with Crippen LogP contribution in [0.15, 0.2) is 40.7 Å². The van der Waals surface area contributed by atoms with Crippen LogP contribution in [0.25, 0.3) is 6.08 Å². The molecule has 0 radical (unpaired) electrons. The molecule has 0 atom stereocenters. The van der Waals surface area contributed by atoms with Crippen LogP contribution in [-0.2, 0) is 14.8 Å². The van der Waals surface area contributed by atoms with Gasteiger partial charge < -0.3 is 5.32 Å². The Hall–Kier alpha value is -2.14. The van der Waals surface area contributed by atoms with Crippen LogP contribution in [0, 0.1) is 0 Å². The number of sulfonamides is 1. The lowest BCUT2D eigenvalue weighted by Gasteiger charge is -2.32. The predicted molar refractivity (Wildman–Crippen MR) is 105 cm³/mol. The molecule has 1 aliphatic heterocycles. The zero-order valence-corrected chi connectivity index (χ0v) is 16.5. The minimum Gasteiger partial charge on any atom is -0.301 e. The third-order valence-electron chi connectivity index (χ3n) is 4.05. The Kier molecular flexibility index (Phi) is 6.32. The van der Waals surface area contributed by atoms with Gasteiger partial charge in [-0.25, -0.2) is 8.42 Å². The average molecular weight is 408 g/mol. The molecule has 1 aliphatic rings. The highest BCUT2D eigenvalue weighted by molar-refractivity contribution is 7.91. The molecule has 1 N–H and O–H groups in total. The highest BCUT2D eigenvalue weighted by Crippen LogP contribution is 2.24. The SMILES string of the molecule is CC(=O)Nc1nnc(S(=O)(=O)N2CCN(CC=Cc3ccccc3)CC2)s1. The smallest absolute Gasteiger partial charge is 0.272 e. The van der Waals surface area contributed by atoms with Crippen LogP contribution < -0.4 is 5.32 Å². The van der Waals surface area contributed by atoms with Gasteiger partial charge in [0.15, 0.2) is 0 Å². The number of nitrogens with one attached hydrogen (secondary N) is 1. The Morgan fingerprint density at radius 1 is 1.19 bits per heavy atom. The third-order valence-corrected chi connectivity index (χ3v) is 7.14. The topological polar surface area (TPSA) is 95.5 Å². The molecule has 10 heteroatoms. The largest absolute Gasteiger partial charge is 0.301 e. The van der Waals surface area contributed by atoms with E-state index in [1.807, 2.05) is 30.3 Å². The molecule has 0 unspecified atom stereocenters. The van der Waals surface area contributed by atoms with Crippen LogP contribution >= 0.6 is 11.3 Å². The lowest BCUT2D eigenvalue weighted by molar-refractivity contribution is -0.114. The highest BCUT2D eigenvalue weighted by atomic mass is 32.2. The van der Waals surface area contributed by atoms with E-state index in [1.165, 1.54) is 11.2 Å². The molecule has 0 bridgehead atoms. The second-order valence-corrected chi connectivity index (χ2v) is 9.16. The first kappa shape index (κ1) is 19.6. The molecule has 144 valence electrons. The van der Waals surface area contributed by atoms with Crippen molar-refractivity contribution >= 4 is 38.5 Å². The van der Waals surface area contributed by atoms with E-state index in [4.69, 9.17) is 0 Å². The van der Waals surface area contributed by atoms with Gasteiger partial charge >= 0.3 is 0 Å². The molecule has 1 saturated heterocycles. The number of nitrogens with zero attached hydrogens (tertiary/aromatic N) is 4. The second-order valence-electron chi connectivity index (χ2n) is 6.07. The Morgan fingerprint density at radius 3 is 2.56 bits per heavy atom. The predicted octanol–water partition coefficient (Wildman–Crippen LogP) is 1.52. The van der Waals surface area contributed by atoms with Gasteiger partial charge in [-0.05, 0) is 5.56 Å². The number of hydrogen-bond acceptors (Lipinski definition) is 7. The zero-order chi connectivity index (χ0) is 19.3. The summed E-state index contributed by atoms with van der Waals surface area (Å²) in [7, 11) is -3.68. The van der Waals surface area contributed by atoms with Crippen LogP contribution in [0.5, 0.6) is 0 Å². The number of carbonyl (C=O) groups excluding carboxylic acids is 1. The molecule has 27 heavy (non-hydrogen) atoms. The summed E-state index contributed by atoms with van der Waals surface area (Å²) in [4.78, 5) is 13.2. The molecule has 1 fully saturated rings. The molecule has 0 saturated carbocycles. The Morgan fingerprint density at radius 2 is 1.89 bits per heavy atom. The summed E-state index contributed by atoms with van der Waals surface area (Å²) in [5.41, 5.74) is 1.14. The van der Waals surface area contributed by atoms with Crippen molar-refractivity contribution in [2.24, 2.45) is 0 Å². The standard InChI is InChI=1S/C17H21N5O3S2/c1-14(23)18-16-19-20-17(26-16)27(24,25)22-12-10-21(11-13-22)9-5-8-15-6-3-2-4-7-15/h2-8H,9-13H2,1H3,(H,18,19,23). The Labute approximate surface area is 162 Å². The molecular formula is C17H21N5O3S2. The molecule has 0 aliphatic carbocycles. The monoisotopic (exact) mass is 407 g/mol. The quantitative estimate of drug-likeness (QED) is 0.730. The summed E-state index contributed by atoms with van der Waals surface area (Å²) >= 11 is 0.866. The van der Waals surface area contributed by atoms with Gasteiger partial charge in [-0.3, -0.25) is 9.69 Å². The Bertz CT molecular complexity index is 904. The molecule has 1 aromatic carbocycles. The molecule has 0 spiro atoms. The van der Waals surface area contributed by atoms with Crippen LogP contribution in [-0.4, -0.2) is 66.5 Å². The average Bonchev–Trinajstić information content (AvgIpc) is 3.12. The number of carbonyl (C=O) groups is 1. The van der Waals surface area contributed by atoms with E-state index in [2.05, 4.69) is 32.6 Å². The fourth-order valence-electron chi connectivity index (χ4n) is 2.68. The van der Waals surface area contributed by atoms with E-state index in [1.54, 1.807) is 0 Å². The van der Waals surface area contributed by atoms with Gasteiger partial charge in [0.2, 0.25) is 15.4 Å².